The molecular formula is C31H36F2N4O9. The van der Waals surface area contributed by atoms with Gasteiger partial charge in [0.1, 0.15) is 29.4 Å². The fourth-order valence-electron chi connectivity index (χ4n) is 4.32. The maximum Gasteiger partial charge on any atom is 0.414 e. The highest BCUT2D eigenvalue weighted by atomic mass is 19.1. The predicted octanol–water partition coefficient (Wildman–Crippen LogP) is 3.73. The third kappa shape index (κ3) is 9.71. The van der Waals surface area contributed by atoms with E-state index in [1.165, 1.54) is 54.8 Å². The first-order valence-corrected chi connectivity index (χ1v) is 14.2. The van der Waals surface area contributed by atoms with Gasteiger partial charge in [0.05, 0.1) is 48.7 Å². The SMILES string of the molecule is CC(=O)NC[C@H]1CN(c2ccc(C(=O)OC(C)(C)C)c(F)c2)C(=O)O1.CC(=O)NC[C@H]1CN(c2ccc(C(C)=O)c(F)c2)C(=O)O1. The summed E-state index contributed by atoms with van der Waals surface area (Å²) < 4.78 is 43.4. The molecule has 0 aromatic heterocycles. The number of nitrogens with zero attached hydrogens (tertiary/aromatic N) is 2. The molecular weight excluding hydrogens is 610 g/mol. The van der Waals surface area contributed by atoms with Gasteiger partial charge in [-0.25, -0.2) is 23.2 Å². The summed E-state index contributed by atoms with van der Waals surface area (Å²) in [6, 6.07) is 7.75. The van der Waals surface area contributed by atoms with Crippen molar-refractivity contribution in [1.82, 2.24) is 10.6 Å². The second-order valence-electron chi connectivity index (χ2n) is 11.5. The zero-order valence-electron chi connectivity index (χ0n) is 26.3. The normalized spacial score (nSPS) is 17.4. The molecule has 248 valence electrons. The minimum atomic E-state index is -0.787. The molecule has 2 atom stereocenters. The van der Waals surface area contributed by atoms with Gasteiger partial charge in [-0.1, -0.05) is 0 Å². The van der Waals surface area contributed by atoms with E-state index in [1.807, 2.05) is 0 Å². The standard InChI is InChI=1S/C17H21FN2O5.C14H15FN2O4/c1-10(21)19-8-12-9-20(16(23)24-12)11-5-6-13(14(18)7-11)15(22)25-17(2,3)4;1-8(18)12-4-3-10(5-13(12)15)17-7-11(21-14(17)20)6-16-9(2)19/h5-7,12H,8-9H2,1-4H3,(H,19,21);3-5,11H,6-7H2,1-2H3,(H,16,19)/t12-;11-/m00/s1. The fraction of sp³-hybridized carbons (Fsp3) is 0.419. The van der Waals surface area contributed by atoms with E-state index in [2.05, 4.69) is 10.6 Å². The molecule has 2 N–H and O–H groups in total. The van der Waals surface area contributed by atoms with Crippen molar-refractivity contribution in [1.29, 1.82) is 0 Å². The molecule has 15 heteroatoms. The molecule has 4 amide bonds. The Kier molecular flexibility index (Phi) is 11.4. The number of cyclic esters (lactones) is 2. The third-order valence-electron chi connectivity index (χ3n) is 6.43. The minimum Gasteiger partial charge on any atom is -0.456 e. The van der Waals surface area contributed by atoms with Crippen LogP contribution in [0.5, 0.6) is 0 Å². The Bertz CT molecular complexity index is 1530. The van der Waals surface area contributed by atoms with E-state index in [4.69, 9.17) is 14.2 Å². The van der Waals surface area contributed by atoms with Gasteiger partial charge in [0.15, 0.2) is 5.78 Å². The molecule has 0 spiro atoms. The molecule has 0 aliphatic carbocycles. The van der Waals surface area contributed by atoms with Crippen LogP contribution in [0.25, 0.3) is 0 Å². The van der Waals surface area contributed by atoms with Crippen molar-refractivity contribution in [2.24, 2.45) is 0 Å². The number of ether oxygens (including phenoxy) is 3. The molecule has 0 unspecified atom stereocenters. The summed E-state index contributed by atoms with van der Waals surface area (Å²) in [7, 11) is 0. The molecule has 4 rings (SSSR count). The van der Waals surface area contributed by atoms with Gasteiger partial charge >= 0.3 is 18.2 Å². The number of carbonyl (C=O) groups is 6. The number of carbonyl (C=O) groups excluding carboxylic acids is 6. The van der Waals surface area contributed by atoms with E-state index in [9.17, 15) is 37.5 Å². The molecule has 13 nitrogen and oxygen atoms in total. The second-order valence-corrected chi connectivity index (χ2v) is 11.5. The van der Waals surface area contributed by atoms with Crippen LogP contribution in [0.4, 0.5) is 29.7 Å². The smallest absolute Gasteiger partial charge is 0.414 e. The van der Waals surface area contributed by atoms with Crippen molar-refractivity contribution in [2.75, 3.05) is 36.0 Å². The van der Waals surface area contributed by atoms with Crippen LogP contribution in [0.1, 0.15) is 62.3 Å². The number of Topliss-reactive ketones (excluding diaryl/α,β-unsaturated/α-hetero) is 1. The Morgan fingerprint density at radius 3 is 1.54 bits per heavy atom. The maximum absolute atomic E-state index is 14.3. The highest BCUT2D eigenvalue weighted by Crippen LogP contribution is 2.26. The lowest BCUT2D eigenvalue weighted by molar-refractivity contribution is -0.120. The van der Waals surface area contributed by atoms with Crippen LogP contribution in [0.15, 0.2) is 36.4 Å². The summed E-state index contributed by atoms with van der Waals surface area (Å²) >= 11 is 0. The average molecular weight is 647 g/mol. The van der Waals surface area contributed by atoms with Crippen molar-refractivity contribution in [3.8, 4) is 0 Å². The lowest BCUT2D eigenvalue weighted by Gasteiger charge is -2.20. The highest BCUT2D eigenvalue weighted by molar-refractivity contribution is 5.96. The van der Waals surface area contributed by atoms with Gasteiger partial charge in [-0.05, 0) is 64.1 Å². The Morgan fingerprint density at radius 2 is 1.20 bits per heavy atom. The number of hydrogen-bond donors (Lipinski definition) is 2. The van der Waals surface area contributed by atoms with Gasteiger partial charge in [0.2, 0.25) is 11.8 Å². The van der Waals surface area contributed by atoms with Crippen LogP contribution < -0.4 is 20.4 Å². The topological polar surface area (TPSA) is 161 Å². The molecule has 2 saturated heterocycles. The van der Waals surface area contributed by atoms with Crippen LogP contribution in [0.2, 0.25) is 0 Å². The Hall–Kier alpha value is -5.08. The largest absolute Gasteiger partial charge is 0.456 e. The van der Waals surface area contributed by atoms with Crippen molar-refractivity contribution < 1.29 is 51.8 Å². The Labute approximate surface area is 264 Å². The van der Waals surface area contributed by atoms with Crippen LogP contribution in [-0.2, 0) is 23.8 Å². The summed E-state index contributed by atoms with van der Waals surface area (Å²) in [6.07, 6.45) is -2.26. The van der Waals surface area contributed by atoms with E-state index in [0.29, 0.717) is 5.69 Å². The second kappa shape index (κ2) is 14.8. The zero-order valence-corrected chi connectivity index (χ0v) is 26.3. The lowest BCUT2D eigenvalue weighted by Crippen LogP contribution is -2.33. The lowest BCUT2D eigenvalue weighted by atomic mass is 10.1. The van der Waals surface area contributed by atoms with Crippen LogP contribution in [-0.4, -0.2) is 79.7 Å². The third-order valence-corrected chi connectivity index (χ3v) is 6.43. The van der Waals surface area contributed by atoms with Crippen molar-refractivity contribution in [3.05, 3.63) is 59.2 Å². The molecule has 0 radical (unpaired) electrons. The first-order valence-electron chi connectivity index (χ1n) is 14.2. The number of esters is 1. The number of rotatable bonds is 8. The first-order chi connectivity index (χ1) is 21.4. The van der Waals surface area contributed by atoms with Gasteiger partial charge in [0.25, 0.3) is 0 Å². The molecule has 2 aliphatic heterocycles. The summed E-state index contributed by atoms with van der Waals surface area (Å²) in [5.74, 6) is -3.08. The van der Waals surface area contributed by atoms with Crippen molar-refractivity contribution in [3.63, 3.8) is 0 Å². The van der Waals surface area contributed by atoms with Gasteiger partial charge in [-0.15, -0.1) is 0 Å². The average Bonchev–Trinajstić information content (AvgIpc) is 3.51. The van der Waals surface area contributed by atoms with Crippen LogP contribution >= 0.6 is 0 Å². The number of ketones is 1. The highest BCUT2D eigenvalue weighted by Gasteiger charge is 2.34. The van der Waals surface area contributed by atoms with Gasteiger partial charge < -0.3 is 24.8 Å². The number of nitrogens with one attached hydrogen (secondary N) is 2. The molecule has 2 aliphatic rings. The van der Waals surface area contributed by atoms with E-state index >= 15 is 0 Å². The Balaban J connectivity index is 0.000000254. The van der Waals surface area contributed by atoms with Crippen LogP contribution in [0.3, 0.4) is 0 Å². The summed E-state index contributed by atoms with van der Waals surface area (Å²) in [6.45, 7) is 9.81. The number of benzene rings is 2. The number of halogens is 2. The number of anilines is 2. The van der Waals surface area contributed by atoms with E-state index in [0.717, 1.165) is 12.1 Å². The van der Waals surface area contributed by atoms with Crippen LogP contribution in [0, 0.1) is 11.6 Å². The predicted molar refractivity (Wildman–Crippen MR) is 161 cm³/mol. The quantitative estimate of drug-likeness (QED) is 0.247. The van der Waals surface area contributed by atoms with Crippen molar-refractivity contribution in [2.45, 2.75) is 59.4 Å². The van der Waals surface area contributed by atoms with Crippen molar-refractivity contribution >= 4 is 47.1 Å². The van der Waals surface area contributed by atoms with E-state index in [-0.39, 0.29) is 60.6 Å². The first kappa shape index (κ1) is 35.4. The summed E-state index contributed by atoms with van der Waals surface area (Å²) in [5, 5.41) is 5.11. The number of hydrogen-bond acceptors (Lipinski definition) is 9. The molecule has 2 fully saturated rings. The fourth-order valence-corrected chi connectivity index (χ4v) is 4.32. The molecule has 0 bridgehead atoms. The molecule has 2 aromatic carbocycles. The monoisotopic (exact) mass is 646 g/mol. The van der Waals surface area contributed by atoms with E-state index < -0.39 is 47.6 Å². The summed E-state index contributed by atoms with van der Waals surface area (Å²) in [4.78, 5) is 71.1. The zero-order chi connectivity index (χ0) is 34.3. The summed E-state index contributed by atoms with van der Waals surface area (Å²) in [5.41, 5.74) is -0.396. The molecule has 2 aromatic rings. The van der Waals surface area contributed by atoms with Gasteiger partial charge in [-0.3, -0.25) is 24.2 Å². The van der Waals surface area contributed by atoms with Gasteiger partial charge in [-0.2, -0.15) is 0 Å². The Morgan fingerprint density at radius 1 is 0.783 bits per heavy atom. The number of amides is 4. The molecule has 46 heavy (non-hydrogen) atoms. The minimum absolute atomic E-state index is 0.0267. The van der Waals surface area contributed by atoms with E-state index in [1.54, 1.807) is 20.8 Å². The molecule has 0 saturated carbocycles. The molecule has 2 heterocycles. The van der Waals surface area contributed by atoms with Gasteiger partial charge in [0, 0.05) is 13.8 Å². The maximum atomic E-state index is 14.3.